The molecule has 1 fully saturated rings. The molecule has 1 unspecified atom stereocenters. The second-order valence-corrected chi connectivity index (χ2v) is 4.56. The van der Waals surface area contributed by atoms with Gasteiger partial charge in [0.25, 0.3) is 0 Å². The highest BCUT2D eigenvalue weighted by molar-refractivity contribution is 5.50. The van der Waals surface area contributed by atoms with E-state index < -0.39 is 0 Å². The van der Waals surface area contributed by atoms with Crippen molar-refractivity contribution in [1.29, 1.82) is 5.26 Å². The highest BCUT2D eigenvalue weighted by atomic mass is 15.2. The summed E-state index contributed by atoms with van der Waals surface area (Å²) in [6.07, 6.45) is 3.83. The average molecular weight is 229 g/mol. The molecule has 0 amide bonds. The van der Waals surface area contributed by atoms with Crippen LogP contribution in [0.5, 0.6) is 0 Å². The van der Waals surface area contributed by atoms with E-state index in [1.165, 1.54) is 24.9 Å². The molecule has 0 bridgehead atoms. The van der Waals surface area contributed by atoms with Gasteiger partial charge in [-0.1, -0.05) is 0 Å². The number of anilines is 1. The van der Waals surface area contributed by atoms with E-state index in [0.29, 0.717) is 6.04 Å². The maximum Gasteiger partial charge on any atom is 0.0991 e. The van der Waals surface area contributed by atoms with Crippen LogP contribution < -0.4 is 10.2 Å². The Bertz CT molecular complexity index is 389. The van der Waals surface area contributed by atoms with Gasteiger partial charge in [0.2, 0.25) is 0 Å². The Labute approximate surface area is 103 Å². The van der Waals surface area contributed by atoms with Crippen LogP contribution in [-0.2, 0) is 0 Å². The summed E-state index contributed by atoms with van der Waals surface area (Å²) >= 11 is 0. The molecule has 1 aromatic carbocycles. The van der Waals surface area contributed by atoms with Crippen molar-refractivity contribution in [3.8, 4) is 6.07 Å². The number of nitrogens with zero attached hydrogens (tertiary/aromatic N) is 2. The maximum atomic E-state index is 8.80. The third-order valence-electron chi connectivity index (χ3n) is 3.39. The molecule has 90 valence electrons. The molecule has 2 rings (SSSR count). The summed E-state index contributed by atoms with van der Waals surface area (Å²) in [5.41, 5.74) is 1.97. The number of hydrogen-bond acceptors (Lipinski definition) is 3. The fourth-order valence-corrected chi connectivity index (χ4v) is 2.52. The van der Waals surface area contributed by atoms with Crippen molar-refractivity contribution in [3.05, 3.63) is 29.8 Å². The number of rotatable bonds is 3. The molecule has 3 heteroatoms. The van der Waals surface area contributed by atoms with Gasteiger partial charge < -0.3 is 10.2 Å². The summed E-state index contributed by atoms with van der Waals surface area (Å²) in [5.74, 6) is 0. The van der Waals surface area contributed by atoms with Gasteiger partial charge in [-0.05, 0) is 50.6 Å². The first-order valence-corrected chi connectivity index (χ1v) is 6.26. The standard InChI is InChI=1S/C14H19N3/c1-16-11-14-4-2-3-9-17(14)13-7-5-12(10-15)6-8-13/h5-8,14,16H,2-4,9,11H2,1H3. The lowest BCUT2D eigenvalue weighted by Gasteiger charge is -2.37. The lowest BCUT2D eigenvalue weighted by atomic mass is 10.0. The Kier molecular flexibility index (Phi) is 4.00. The zero-order valence-electron chi connectivity index (χ0n) is 10.3. The zero-order chi connectivity index (χ0) is 12.1. The summed E-state index contributed by atoms with van der Waals surface area (Å²) in [4.78, 5) is 2.46. The lowest BCUT2D eigenvalue weighted by molar-refractivity contribution is 0.446. The van der Waals surface area contributed by atoms with E-state index in [2.05, 4.69) is 28.4 Å². The number of benzene rings is 1. The maximum absolute atomic E-state index is 8.80. The second kappa shape index (κ2) is 5.70. The quantitative estimate of drug-likeness (QED) is 0.863. The fourth-order valence-electron chi connectivity index (χ4n) is 2.52. The van der Waals surface area contributed by atoms with Crippen molar-refractivity contribution < 1.29 is 0 Å². The number of nitrogens with one attached hydrogen (secondary N) is 1. The minimum absolute atomic E-state index is 0.585. The van der Waals surface area contributed by atoms with E-state index in [9.17, 15) is 0 Å². The molecule has 0 aromatic heterocycles. The molecule has 17 heavy (non-hydrogen) atoms. The first-order chi connectivity index (χ1) is 8.35. The summed E-state index contributed by atoms with van der Waals surface area (Å²) in [6.45, 7) is 2.15. The van der Waals surface area contributed by atoms with Crippen LogP contribution in [0.3, 0.4) is 0 Å². The smallest absolute Gasteiger partial charge is 0.0991 e. The van der Waals surface area contributed by atoms with Gasteiger partial charge in [0, 0.05) is 24.8 Å². The molecule has 1 aromatic rings. The zero-order valence-corrected chi connectivity index (χ0v) is 10.3. The van der Waals surface area contributed by atoms with E-state index in [1.54, 1.807) is 0 Å². The van der Waals surface area contributed by atoms with Gasteiger partial charge >= 0.3 is 0 Å². The van der Waals surface area contributed by atoms with Crippen LogP contribution in [-0.4, -0.2) is 26.2 Å². The Balaban J connectivity index is 2.14. The first-order valence-electron chi connectivity index (χ1n) is 6.26. The van der Waals surface area contributed by atoms with Crippen LogP contribution in [0.15, 0.2) is 24.3 Å². The van der Waals surface area contributed by atoms with Crippen molar-refractivity contribution >= 4 is 5.69 Å². The minimum Gasteiger partial charge on any atom is -0.367 e. The number of hydrogen-bond donors (Lipinski definition) is 1. The normalized spacial score (nSPS) is 20.0. The predicted octanol–water partition coefficient (Wildman–Crippen LogP) is 2.14. The van der Waals surface area contributed by atoms with Gasteiger partial charge in [-0.25, -0.2) is 0 Å². The lowest BCUT2D eigenvalue weighted by Crippen LogP contribution is -2.44. The number of piperidine rings is 1. The molecule has 1 saturated heterocycles. The van der Waals surface area contributed by atoms with Crippen molar-refractivity contribution in [2.24, 2.45) is 0 Å². The van der Waals surface area contributed by atoms with E-state index in [0.717, 1.165) is 18.7 Å². The molecule has 3 nitrogen and oxygen atoms in total. The average Bonchev–Trinajstić information content (AvgIpc) is 2.40. The molecular formula is C14H19N3. The van der Waals surface area contributed by atoms with Crippen LogP contribution in [0.2, 0.25) is 0 Å². The van der Waals surface area contributed by atoms with Crippen LogP contribution >= 0.6 is 0 Å². The monoisotopic (exact) mass is 229 g/mol. The second-order valence-electron chi connectivity index (χ2n) is 4.56. The van der Waals surface area contributed by atoms with Crippen LogP contribution in [0.1, 0.15) is 24.8 Å². The van der Waals surface area contributed by atoms with Crippen LogP contribution in [0.25, 0.3) is 0 Å². The summed E-state index contributed by atoms with van der Waals surface area (Å²) in [7, 11) is 2.01. The van der Waals surface area contributed by atoms with E-state index in [4.69, 9.17) is 5.26 Å². The summed E-state index contributed by atoms with van der Waals surface area (Å²) in [6, 6.07) is 10.7. The minimum atomic E-state index is 0.585. The summed E-state index contributed by atoms with van der Waals surface area (Å²) in [5, 5.41) is 12.1. The highest BCUT2D eigenvalue weighted by Gasteiger charge is 2.21. The number of likely N-dealkylation sites (N-methyl/N-ethyl adjacent to an activating group) is 1. The third-order valence-corrected chi connectivity index (χ3v) is 3.39. The van der Waals surface area contributed by atoms with Gasteiger partial charge in [0.15, 0.2) is 0 Å². The molecule has 1 atom stereocenters. The fraction of sp³-hybridized carbons (Fsp3) is 0.500. The SMILES string of the molecule is CNCC1CCCCN1c1ccc(C#N)cc1. The highest BCUT2D eigenvalue weighted by Crippen LogP contribution is 2.24. The van der Waals surface area contributed by atoms with Crippen LogP contribution in [0, 0.1) is 11.3 Å². The molecule has 1 aliphatic heterocycles. The molecule has 0 aliphatic carbocycles. The predicted molar refractivity (Wildman–Crippen MR) is 70.1 cm³/mol. The van der Waals surface area contributed by atoms with Crippen molar-refractivity contribution in [2.75, 3.05) is 25.0 Å². The Morgan fingerprint density at radius 3 is 2.76 bits per heavy atom. The molecule has 0 saturated carbocycles. The molecule has 1 aliphatic rings. The molecule has 0 radical (unpaired) electrons. The van der Waals surface area contributed by atoms with Crippen LogP contribution in [0.4, 0.5) is 5.69 Å². The molecular weight excluding hydrogens is 210 g/mol. The van der Waals surface area contributed by atoms with Gasteiger partial charge in [-0.15, -0.1) is 0 Å². The molecule has 0 spiro atoms. The first kappa shape index (κ1) is 11.9. The summed E-state index contributed by atoms with van der Waals surface area (Å²) < 4.78 is 0. The Hall–Kier alpha value is -1.53. The van der Waals surface area contributed by atoms with Gasteiger partial charge in [-0.2, -0.15) is 5.26 Å². The van der Waals surface area contributed by atoms with Crippen molar-refractivity contribution in [3.63, 3.8) is 0 Å². The molecule has 1 N–H and O–H groups in total. The van der Waals surface area contributed by atoms with Gasteiger partial charge in [0.05, 0.1) is 11.6 Å². The van der Waals surface area contributed by atoms with E-state index in [-0.39, 0.29) is 0 Å². The van der Waals surface area contributed by atoms with E-state index in [1.807, 2.05) is 19.2 Å². The van der Waals surface area contributed by atoms with Gasteiger partial charge in [0.1, 0.15) is 0 Å². The largest absolute Gasteiger partial charge is 0.367 e. The topological polar surface area (TPSA) is 39.1 Å². The van der Waals surface area contributed by atoms with Crippen molar-refractivity contribution in [1.82, 2.24) is 5.32 Å². The van der Waals surface area contributed by atoms with Crippen molar-refractivity contribution in [2.45, 2.75) is 25.3 Å². The third kappa shape index (κ3) is 2.78. The van der Waals surface area contributed by atoms with E-state index >= 15 is 0 Å². The Morgan fingerprint density at radius 2 is 2.12 bits per heavy atom. The van der Waals surface area contributed by atoms with Gasteiger partial charge in [-0.3, -0.25) is 0 Å². The Morgan fingerprint density at radius 1 is 1.35 bits per heavy atom. The molecule has 1 heterocycles. The number of nitriles is 1.